The minimum absolute atomic E-state index is 0.0605. The Kier molecular flexibility index (Phi) is 2.88. The number of hydrogen-bond acceptors (Lipinski definition) is 5. The molecule has 2 rings (SSSR count). The first-order valence-corrected chi connectivity index (χ1v) is 6.59. The summed E-state index contributed by atoms with van der Waals surface area (Å²) in [5.74, 6) is -0.742. The van der Waals surface area contributed by atoms with Gasteiger partial charge in [-0.3, -0.25) is 4.55 Å². The summed E-state index contributed by atoms with van der Waals surface area (Å²) in [4.78, 5) is 11.3. The predicted octanol–water partition coefficient (Wildman–Crippen LogP) is 1.19. The maximum atomic E-state index is 11.3. The van der Waals surface area contributed by atoms with Gasteiger partial charge < -0.3 is 9.52 Å². The fraction of sp³-hybridized carbons (Fsp3) is 0.182. The molecule has 0 aliphatic rings. The molecule has 0 spiro atoms. The topological polar surface area (TPSA) is 105 Å². The van der Waals surface area contributed by atoms with E-state index in [1.54, 1.807) is 0 Å². The average Bonchev–Trinajstić information content (AvgIpc) is 2.21. The van der Waals surface area contributed by atoms with Crippen LogP contribution in [0.3, 0.4) is 0 Å². The zero-order valence-corrected chi connectivity index (χ0v) is 10.2. The van der Waals surface area contributed by atoms with Crippen molar-refractivity contribution in [2.24, 2.45) is 0 Å². The van der Waals surface area contributed by atoms with Crippen LogP contribution < -0.4 is 5.63 Å². The fourth-order valence-corrected chi connectivity index (χ4v) is 2.36. The molecular formula is C11H10O6S. The largest absolute Gasteiger partial charge is 0.508 e. The number of aromatic hydroxyl groups is 1. The molecule has 2 N–H and O–H groups in total. The number of phenolic OH excluding ortho intramolecular Hbond substituents is 1. The van der Waals surface area contributed by atoms with E-state index in [2.05, 4.69) is 0 Å². The molecule has 6 nitrogen and oxygen atoms in total. The van der Waals surface area contributed by atoms with Crippen molar-refractivity contribution in [2.45, 2.75) is 12.7 Å². The Morgan fingerprint density at radius 3 is 2.61 bits per heavy atom. The van der Waals surface area contributed by atoms with Crippen LogP contribution in [0.15, 0.2) is 27.4 Å². The maximum Gasteiger partial charge on any atom is 0.336 e. The number of aryl methyl sites for hydroxylation is 1. The molecule has 1 aromatic carbocycles. The summed E-state index contributed by atoms with van der Waals surface area (Å²) >= 11 is 0. The van der Waals surface area contributed by atoms with E-state index in [4.69, 9.17) is 8.97 Å². The summed E-state index contributed by atoms with van der Waals surface area (Å²) in [6.45, 7) is 1.54. The molecule has 0 aliphatic carbocycles. The lowest BCUT2D eigenvalue weighted by atomic mass is 10.1. The van der Waals surface area contributed by atoms with Crippen LogP contribution in [-0.4, -0.2) is 18.1 Å². The Bertz CT molecular complexity index is 772. The molecule has 1 heterocycles. The van der Waals surface area contributed by atoms with Gasteiger partial charge in [-0.15, -0.1) is 0 Å². The Balaban J connectivity index is 2.83. The van der Waals surface area contributed by atoms with Gasteiger partial charge in [-0.25, -0.2) is 4.79 Å². The smallest absolute Gasteiger partial charge is 0.336 e. The highest BCUT2D eigenvalue weighted by Gasteiger charge is 2.15. The molecule has 0 fully saturated rings. The van der Waals surface area contributed by atoms with Gasteiger partial charge in [-0.05, 0) is 24.6 Å². The third-order valence-corrected chi connectivity index (χ3v) is 3.23. The van der Waals surface area contributed by atoms with Crippen LogP contribution in [0.2, 0.25) is 0 Å². The molecule has 2 aromatic rings. The molecule has 0 radical (unpaired) electrons. The number of fused-ring (bicyclic) bond motifs is 1. The van der Waals surface area contributed by atoms with E-state index in [0.29, 0.717) is 10.9 Å². The lowest BCUT2D eigenvalue weighted by Crippen LogP contribution is -2.07. The van der Waals surface area contributed by atoms with Gasteiger partial charge in [0, 0.05) is 17.0 Å². The minimum Gasteiger partial charge on any atom is -0.508 e. The van der Waals surface area contributed by atoms with Crippen LogP contribution in [0, 0.1) is 6.92 Å². The molecule has 7 heteroatoms. The molecular weight excluding hydrogens is 260 g/mol. The fourth-order valence-electron chi connectivity index (χ4n) is 1.73. The average molecular weight is 270 g/mol. The monoisotopic (exact) mass is 270 g/mol. The Morgan fingerprint density at radius 2 is 2.00 bits per heavy atom. The molecule has 0 saturated carbocycles. The summed E-state index contributed by atoms with van der Waals surface area (Å²) in [6.07, 6.45) is 0. The molecule has 18 heavy (non-hydrogen) atoms. The molecule has 96 valence electrons. The normalized spacial score (nSPS) is 11.9. The number of benzene rings is 1. The van der Waals surface area contributed by atoms with E-state index < -0.39 is 21.5 Å². The number of phenols is 1. The van der Waals surface area contributed by atoms with Crippen LogP contribution in [0.5, 0.6) is 5.75 Å². The molecule has 0 saturated heterocycles. The molecule has 0 amide bonds. The second-order valence-corrected chi connectivity index (χ2v) is 5.36. The molecule has 0 atom stereocenters. The summed E-state index contributed by atoms with van der Waals surface area (Å²) in [6, 6.07) is 3.80. The van der Waals surface area contributed by atoms with Gasteiger partial charge in [-0.2, -0.15) is 8.42 Å². The highest BCUT2D eigenvalue weighted by molar-refractivity contribution is 7.85. The maximum absolute atomic E-state index is 11.3. The van der Waals surface area contributed by atoms with E-state index >= 15 is 0 Å². The van der Waals surface area contributed by atoms with Gasteiger partial charge in [0.05, 0.1) is 0 Å². The van der Waals surface area contributed by atoms with Crippen LogP contribution in [0.25, 0.3) is 11.0 Å². The second kappa shape index (κ2) is 4.11. The van der Waals surface area contributed by atoms with Crippen molar-refractivity contribution in [1.82, 2.24) is 0 Å². The number of rotatable bonds is 2. The van der Waals surface area contributed by atoms with E-state index in [1.807, 2.05) is 0 Å². The quantitative estimate of drug-likeness (QED) is 0.627. The first-order chi connectivity index (χ1) is 8.28. The van der Waals surface area contributed by atoms with Crippen molar-refractivity contribution < 1.29 is 22.5 Å². The zero-order valence-electron chi connectivity index (χ0n) is 9.37. The third-order valence-electron chi connectivity index (χ3n) is 2.56. The standard InChI is InChI=1S/C11H10O6S/c1-6-9(12)3-2-8-7(5-18(14,15)16)4-10(13)17-11(6)8/h2-4,12H,5H2,1H3,(H,14,15,16). The summed E-state index contributed by atoms with van der Waals surface area (Å²) in [5.41, 5.74) is -0.162. The third kappa shape index (κ3) is 2.36. The van der Waals surface area contributed by atoms with Crippen LogP contribution in [0.1, 0.15) is 11.1 Å². The minimum atomic E-state index is -4.25. The van der Waals surface area contributed by atoms with Crippen LogP contribution in [0.4, 0.5) is 0 Å². The van der Waals surface area contributed by atoms with Crippen molar-refractivity contribution in [3.63, 3.8) is 0 Å². The van der Waals surface area contributed by atoms with Crippen molar-refractivity contribution in [3.8, 4) is 5.75 Å². The highest BCUT2D eigenvalue weighted by atomic mass is 32.2. The van der Waals surface area contributed by atoms with Gasteiger partial charge in [0.25, 0.3) is 10.1 Å². The highest BCUT2D eigenvalue weighted by Crippen LogP contribution is 2.27. The molecule has 0 unspecified atom stereocenters. The molecule has 0 aliphatic heterocycles. The SMILES string of the molecule is Cc1c(O)ccc2c(CS(=O)(=O)O)cc(=O)oc12. The first-order valence-electron chi connectivity index (χ1n) is 4.98. The van der Waals surface area contributed by atoms with Crippen molar-refractivity contribution in [3.05, 3.63) is 39.7 Å². The van der Waals surface area contributed by atoms with Crippen molar-refractivity contribution >= 4 is 21.1 Å². The van der Waals surface area contributed by atoms with E-state index in [-0.39, 0.29) is 16.9 Å². The molecule has 1 aromatic heterocycles. The zero-order chi connectivity index (χ0) is 13.5. The second-order valence-electron chi connectivity index (χ2n) is 3.90. The summed E-state index contributed by atoms with van der Waals surface area (Å²) in [7, 11) is -4.25. The lowest BCUT2D eigenvalue weighted by Gasteiger charge is -2.06. The summed E-state index contributed by atoms with van der Waals surface area (Å²) in [5, 5.41) is 9.87. The Labute approximate surface area is 102 Å². The predicted molar refractivity (Wildman–Crippen MR) is 64.1 cm³/mol. The van der Waals surface area contributed by atoms with Crippen LogP contribution in [-0.2, 0) is 15.9 Å². The first kappa shape index (κ1) is 12.6. The lowest BCUT2D eigenvalue weighted by molar-refractivity contribution is 0.468. The Morgan fingerprint density at radius 1 is 1.33 bits per heavy atom. The van der Waals surface area contributed by atoms with Gasteiger partial charge in [-0.1, -0.05) is 0 Å². The van der Waals surface area contributed by atoms with Crippen LogP contribution >= 0.6 is 0 Å². The van der Waals surface area contributed by atoms with Gasteiger partial charge in [0.15, 0.2) is 0 Å². The molecule has 0 bridgehead atoms. The Hall–Kier alpha value is -1.86. The summed E-state index contributed by atoms with van der Waals surface area (Å²) < 4.78 is 35.5. The van der Waals surface area contributed by atoms with E-state index in [1.165, 1.54) is 19.1 Å². The number of hydrogen-bond donors (Lipinski definition) is 2. The van der Waals surface area contributed by atoms with Crippen molar-refractivity contribution in [1.29, 1.82) is 0 Å². The van der Waals surface area contributed by atoms with E-state index in [9.17, 15) is 18.3 Å². The van der Waals surface area contributed by atoms with Gasteiger partial charge in [0.2, 0.25) is 0 Å². The van der Waals surface area contributed by atoms with Gasteiger partial charge >= 0.3 is 5.63 Å². The van der Waals surface area contributed by atoms with Gasteiger partial charge in [0.1, 0.15) is 17.1 Å². The van der Waals surface area contributed by atoms with E-state index in [0.717, 1.165) is 6.07 Å². The van der Waals surface area contributed by atoms with Crippen molar-refractivity contribution in [2.75, 3.05) is 0 Å².